The molecule has 0 saturated carbocycles. The second kappa shape index (κ2) is 3.80. The SMILES string of the molecule is [B][C@H]1CC(C)[C@](CC)(COC)O1. The molecule has 0 spiro atoms. The molecule has 0 aromatic rings. The number of methoxy groups -OCH3 is 1. The van der Waals surface area contributed by atoms with Crippen LogP contribution < -0.4 is 0 Å². The van der Waals surface area contributed by atoms with Crippen LogP contribution >= 0.6 is 0 Å². The van der Waals surface area contributed by atoms with E-state index in [9.17, 15) is 0 Å². The van der Waals surface area contributed by atoms with Gasteiger partial charge in [0, 0.05) is 13.1 Å². The number of hydrogen-bond acceptors (Lipinski definition) is 2. The molecule has 0 aromatic heterocycles. The third-order valence-electron chi connectivity index (χ3n) is 2.86. The summed E-state index contributed by atoms with van der Waals surface area (Å²) in [5.41, 5.74) is -0.131. The summed E-state index contributed by atoms with van der Waals surface area (Å²) in [7, 11) is 7.43. The van der Waals surface area contributed by atoms with Crippen LogP contribution in [-0.4, -0.2) is 33.2 Å². The molecule has 2 radical (unpaired) electrons. The minimum atomic E-state index is -0.131. The van der Waals surface area contributed by atoms with E-state index in [1.807, 2.05) is 0 Å². The molecule has 1 heterocycles. The van der Waals surface area contributed by atoms with Gasteiger partial charge in [-0.05, 0) is 18.8 Å². The fraction of sp³-hybridized carbons (Fsp3) is 1.00. The molecule has 12 heavy (non-hydrogen) atoms. The third kappa shape index (κ3) is 1.67. The first-order valence-electron chi connectivity index (χ1n) is 4.57. The van der Waals surface area contributed by atoms with Crippen molar-refractivity contribution in [3.05, 3.63) is 0 Å². The van der Waals surface area contributed by atoms with Gasteiger partial charge >= 0.3 is 0 Å². The predicted octanol–water partition coefficient (Wildman–Crippen LogP) is 1.33. The Hall–Kier alpha value is -0.0151. The number of ether oxygens (including phenoxy) is 2. The summed E-state index contributed by atoms with van der Waals surface area (Å²) in [6.45, 7) is 4.95. The van der Waals surface area contributed by atoms with Crippen molar-refractivity contribution in [3.63, 3.8) is 0 Å². The third-order valence-corrected chi connectivity index (χ3v) is 2.86. The Kier molecular flexibility index (Phi) is 3.19. The largest absolute Gasteiger partial charge is 0.382 e. The van der Waals surface area contributed by atoms with Crippen molar-refractivity contribution >= 4 is 7.85 Å². The summed E-state index contributed by atoms with van der Waals surface area (Å²) >= 11 is 0. The zero-order valence-electron chi connectivity index (χ0n) is 8.17. The van der Waals surface area contributed by atoms with Crippen LogP contribution in [0.2, 0.25) is 0 Å². The highest BCUT2D eigenvalue weighted by atomic mass is 16.5. The van der Waals surface area contributed by atoms with Crippen molar-refractivity contribution in [1.29, 1.82) is 0 Å². The monoisotopic (exact) mass is 168 g/mol. The number of hydrogen-bond donors (Lipinski definition) is 0. The minimum absolute atomic E-state index is 0.102. The Morgan fingerprint density at radius 1 is 1.67 bits per heavy atom. The molecule has 0 aromatic carbocycles. The van der Waals surface area contributed by atoms with Gasteiger partial charge in [-0.2, -0.15) is 0 Å². The summed E-state index contributed by atoms with van der Waals surface area (Å²) in [4.78, 5) is 0. The molecule has 3 heteroatoms. The van der Waals surface area contributed by atoms with E-state index in [1.165, 1.54) is 0 Å². The lowest BCUT2D eigenvalue weighted by atomic mass is 9.84. The molecule has 1 aliphatic rings. The minimum Gasteiger partial charge on any atom is -0.382 e. The van der Waals surface area contributed by atoms with Crippen LogP contribution in [0.5, 0.6) is 0 Å². The Morgan fingerprint density at radius 2 is 2.33 bits per heavy atom. The van der Waals surface area contributed by atoms with Crippen LogP contribution in [0, 0.1) is 5.92 Å². The quantitative estimate of drug-likeness (QED) is 0.592. The maximum Gasteiger partial charge on any atom is 0.109 e. The van der Waals surface area contributed by atoms with Crippen LogP contribution in [0.4, 0.5) is 0 Å². The fourth-order valence-electron chi connectivity index (χ4n) is 1.98. The van der Waals surface area contributed by atoms with Gasteiger partial charge in [-0.25, -0.2) is 0 Å². The van der Waals surface area contributed by atoms with Gasteiger partial charge < -0.3 is 9.47 Å². The van der Waals surface area contributed by atoms with Gasteiger partial charge in [-0.1, -0.05) is 13.8 Å². The van der Waals surface area contributed by atoms with Crippen LogP contribution in [-0.2, 0) is 9.47 Å². The smallest absolute Gasteiger partial charge is 0.109 e. The van der Waals surface area contributed by atoms with E-state index in [1.54, 1.807) is 7.11 Å². The van der Waals surface area contributed by atoms with E-state index >= 15 is 0 Å². The Morgan fingerprint density at radius 3 is 2.67 bits per heavy atom. The lowest BCUT2D eigenvalue weighted by molar-refractivity contribution is -0.0815. The Balaban J connectivity index is 2.65. The van der Waals surface area contributed by atoms with Crippen molar-refractivity contribution in [1.82, 2.24) is 0 Å². The first-order valence-corrected chi connectivity index (χ1v) is 4.57. The Labute approximate surface area is 76.0 Å². The molecule has 3 atom stereocenters. The molecule has 2 nitrogen and oxygen atoms in total. The van der Waals surface area contributed by atoms with Gasteiger partial charge in [-0.3, -0.25) is 0 Å². The van der Waals surface area contributed by atoms with Gasteiger partial charge in [0.05, 0.1) is 12.2 Å². The summed E-state index contributed by atoms with van der Waals surface area (Å²) in [6, 6.07) is -0.102. The summed E-state index contributed by atoms with van der Waals surface area (Å²) in [5.74, 6) is 0.498. The van der Waals surface area contributed by atoms with E-state index in [4.69, 9.17) is 17.3 Å². The van der Waals surface area contributed by atoms with Gasteiger partial charge in [0.15, 0.2) is 0 Å². The van der Waals surface area contributed by atoms with Crippen molar-refractivity contribution in [2.45, 2.75) is 38.3 Å². The van der Waals surface area contributed by atoms with Crippen LogP contribution in [0.3, 0.4) is 0 Å². The number of rotatable bonds is 3. The van der Waals surface area contributed by atoms with Crippen molar-refractivity contribution in [2.75, 3.05) is 13.7 Å². The molecule has 68 valence electrons. The van der Waals surface area contributed by atoms with Crippen molar-refractivity contribution in [3.8, 4) is 0 Å². The van der Waals surface area contributed by atoms with Gasteiger partial charge in [0.1, 0.15) is 7.85 Å². The molecular formula is C9H17BO2. The maximum atomic E-state index is 5.73. The first kappa shape index (κ1) is 10.1. The van der Waals surface area contributed by atoms with Crippen molar-refractivity contribution < 1.29 is 9.47 Å². The van der Waals surface area contributed by atoms with E-state index in [0.29, 0.717) is 12.5 Å². The molecule has 1 unspecified atom stereocenters. The zero-order valence-corrected chi connectivity index (χ0v) is 8.17. The molecule has 1 aliphatic heterocycles. The first-order chi connectivity index (χ1) is 5.64. The molecule has 1 rings (SSSR count). The maximum absolute atomic E-state index is 5.73. The predicted molar refractivity (Wildman–Crippen MR) is 49.3 cm³/mol. The van der Waals surface area contributed by atoms with Gasteiger partial charge in [0.2, 0.25) is 0 Å². The fourth-order valence-corrected chi connectivity index (χ4v) is 1.98. The average Bonchev–Trinajstić information content (AvgIpc) is 2.28. The molecule has 1 saturated heterocycles. The lowest BCUT2D eigenvalue weighted by Crippen LogP contribution is -2.38. The molecule has 0 bridgehead atoms. The van der Waals surface area contributed by atoms with Gasteiger partial charge in [-0.15, -0.1) is 0 Å². The highest BCUT2D eigenvalue weighted by molar-refractivity contribution is 6.11. The van der Waals surface area contributed by atoms with E-state index in [-0.39, 0.29) is 11.6 Å². The summed E-state index contributed by atoms with van der Waals surface area (Å²) < 4.78 is 10.9. The average molecular weight is 168 g/mol. The molecular weight excluding hydrogens is 151 g/mol. The van der Waals surface area contributed by atoms with Gasteiger partial charge in [0.25, 0.3) is 0 Å². The standard InChI is InChI=1S/C9H17BO2/c1-4-9(6-11-3)7(2)5-8(10)12-9/h7-8H,4-6H2,1-3H3/t7?,8-,9+/m1/s1. The second-order valence-electron chi connectivity index (χ2n) is 3.64. The lowest BCUT2D eigenvalue weighted by Gasteiger charge is -2.31. The summed E-state index contributed by atoms with van der Waals surface area (Å²) in [5, 5.41) is 0. The van der Waals surface area contributed by atoms with Crippen molar-refractivity contribution in [2.24, 2.45) is 5.92 Å². The topological polar surface area (TPSA) is 18.5 Å². The van der Waals surface area contributed by atoms with E-state index in [0.717, 1.165) is 12.8 Å². The zero-order chi connectivity index (χ0) is 9.19. The molecule has 0 aliphatic carbocycles. The van der Waals surface area contributed by atoms with Crippen LogP contribution in [0.25, 0.3) is 0 Å². The normalized spacial score (nSPS) is 41.9. The van der Waals surface area contributed by atoms with Crippen LogP contribution in [0.15, 0.2) is 0 Å². The summed E-state index contributed by atoms with van der Waals surface area (Å²) in [6.07, 6.45) is 1.91. The highest BCUT2D eigenvalue weighted by Crippen LogP contribution is 2.37. The van der Waals surface area contributed by atoms with E-state index < -0.39 is 0 Å². The molecule has 1 fully saturated rings. The molecule has 0 amide bonds. The Bertz CT molecular complexity index is 151. The van der Waals surface area contributed by atoms with E-state index in [2.05, 4.69) is 13.8 Å². The highest BCUT2D eigenvalue weighted by Gasteiger charge is 2.42. The van der Waals surface area contributed by atoms with Crippen LogP contribution in [0.1, 0.15) is 26.7 Å². The molecule has 0 N–H and O–H groups in total. The second-order valence-corrected chi connectivity index (χ2v) is 3.64.